The van der Waals surface area contributed by atoms with E-state index < -0.39 is 0 Å². The van der Waals surface area contributed by atoms with Crippen LogP contribution in [0.2, 0.25) is 0 Å². The minimum atomic E-state index is 0.145. The summed E-state index contributed by atoms with van der Waals surface area (Å²) in [6.45, 7) is 2.41. The summed E-state index contributed by atoms with van der Waals surface area (Å²) in [6.07, 6.45) is 6.95. The number of allylic oxidation sites excluding steroid dienone is 2. The highest BCUT2D eigenvalue weighted by molar-refractivity contribution is 5.27. The Hall–Kier alpha value is -1.08. The monoisotopic (exact) mass is 202 g/mol. The van der Waals surface area contributed by atoms with Gasteiger partial charge in [-0.05, 0) is 35.8 Å². The molecule has 2 atom stereocenters. The average molecular weight is 202 g/mol. The van der Waals surface area contributed by atoms with Crippen molar-refractivity contribution in [1.82, 2.24) is 0 Å². The third-order valence-corrected chi connectivity index (χ3v) is 3.15. The third kappa shape index (κ3) is 2.48. The predicted octanol–water partition coefficient (Wildman–Crippen LogP) is 3.25. The molecule has 0 saturated carbocycles. The highest BCUT2D eigenvalue weighted by atomic mass is 16.3. The van der Waals surface area contributed by atoms with Crippen LogP contribution in [0.1, 0.15) is 36.8 Å². The second kappa shape index (κ2) is 4.63. The van der Waals surface area contributed by atoms with Gasteiger partial charge in [-0.2, -0.15) is 0 Å². The van der Waals surface area contributed by atoms with Crippen molar-refractivity contribution in [3.63, 3.8) is 0 Å². The van der Waals surface area contributed by atoms with Crippen LogP contribution >= 0.6 is 0 Å². The summed E-state index contributed by atoms with van der Waals surface area (Å²) in [5.74, 6) is 1.32. The van der Waals surface area contributed by atoms with Crippen molar-refractivity contribution in [3.05, 3.63) is 47.5 Å². The van der Waals surface area contributed by atoms with E-state index in [0.717, 1.165) is 12.0 Å². The van der Waals surface area contributed by atoms with E-state index in [0.29, 0.717) is 11.8 Å². The zero-order valence-corrected chi connectivity index (χ0v) is 9.19. The Bertz CT molecular complexity index is 354. The third-order valence-electron chi connectivity index (χ3n) is 3.15. The summed E-state index contributed by atoms with van der Waals surface area (Å²) in [7, 11) is 0. The first-order valence-electron chi connectivity index (χ1n) is 5.66. The van der Waals surface area contributed by atoms with E-state index in [1.807, 2.05) is 12.1 Å². The lowest BCUT2D eigenvalue weighted by molar-refractivity contribution is 0.281. The molecule has 0 bridgehead atoms. The molecule has 0 spiro atoms. The summed E-state index contributed by atoms with van der Waals surface area (Å²) >= 11 is 0. The zero-order valence-electron chi connectivity index (χ0n) is 9.19. The molecular weight excluding hydrogens is 184 g/mol. The molecule has 0 heterocycles. The van der Waals surface area contributed by atoms with Gasteiger partial charge in [0, 0.05) is 0 Å². The Morgan fingerprint density at radius 3 is 3.00 bits per heavy atom. The molecule has 0 fully saturated rings. The van der Waals surface area contributed by atoms with Crippen LogP contribution in [0.25, 0.3) is 0 Å². The molecule has 1 aromatic rings. The molecule has 1 aromatic carbocycles. The van der Waals surface area contributed by atoms with E-state index in [1.165, 1.54) is 12.0 Å². The van der Waals surface area contributed by atoms with E-state index in [1.54, 1.807) is 0 Å². The van der Waals surface area contributed by atoms with Gasteiger partial charge in [-0.25, -0.2) is 0 Å². The van der Waals surface area contributed by atoms with Gasteiger partial charge in [0.25, 0.3) is 0 Å². The smallest absolute Gasteiger partial charge is 0.0681 e. The van der Waals surface area contributed by atoms with Crippen molar-refractivity contribution in [1.29, 1.82) is 0 Å². The number of aliphatic hydroxyl groups excluding tert-OH is 1. The molecule has 80 valence electrons. The Morgan fingerprint density at radius 1 is 1.40 bits per heavy atom. The Morgan fingerprint density at radius 2 is 2.27 bits per heavy atom. The van der Waals surface area contributed by atoms with Gasteiger partial charge in [-0.3, -0.25) is 0 Å². The van der Waals surface area contributed by atoms with Gasteiger partial charge in [0.05, 0.1) is 6.61 Å². The first kappa shape index (κ1) is 10.4. The fourth-order valence-corrected chi connectivity index (χ4v) is 2.32. The molecule has 2 unspecified atom stereocenters. The van der Waals surface area contributed by atoms with E-state index in [9.17, 15) is 0 Å². The number of benzene rings is 1. The molecule has 1 aliphatic rings. The van der Waals surface area contributed by atoms with E-state index in [2.05, 4.69) is 31.2 Å². The van der Waals surface area contributed by atoms with E-state index >= 15 is 0 Å². The first-order chi connectivity index (χ1) is 7.29. The Labute approximate surface area is 91.4 Å². The maximum atomic E-state index is 9.10. The van der Waals surface area contributed by atoms with Gasteiger partial charge in [-0.1, -0.05) is 43.3 Å². The van der Waals surface area contributed by atoms with Gasteiger partial charge < -0.3 is 5.11 Å². The molecule has 1 N–H and O–H groups in total. The quantitative estimate of drug-likeness (QED) is 0.730. The molecule has 0 aliphatic heterocycles. The molecule has 1 aliphatic carbocycles. The molecule has 0 amide bonds. The molecule has 0 radical (unpaired) electrons. The van der Waals surface area contributed by atoms with Crippen LogP contribution < -0.4 is 0 Å². The second-order valence-corrected chi connectivity index (χ2v) is 4.48. The van der Waals surface area contributed by atoms with Gasteiger partial charge in [-0.15, -0.1) is 0 Å². The number of hydrogen-bond donors (Lipinski definition) is 1. The lowest BCUT2D eigenvalue weighted by Gasteiger charge is -2.22. The lowest BCUT2D eigenvalue weighted by atomic mass is 9.83. The minimum Gasteiger partial charge on any atom is -0.392 e. The molecule has 15 heavy (non-hydrogen) atoms. The number of hydrogen-bond acceptors (Lipinski definition) is 1. The largest absolute Gasteiger partial charge is 0.392 e. The van der Waals surface area contributed by atoms with Crippen molar-refractivity contribution in [3.8, 4) is 0 Å². The van der Waals surface area contributed by atoms with E-state index in [-0.39, 0.29) is 6.61 Å². The summed E-state index contributed by atoms with van der Waals surface area (Å²) in [4.78, 5) is 0. The van der Waals surface area contributed by atoms with Crippen LogP contribution in [0.15, 0.2) is 36.4 Å². The molecule has 1 nitrogen and oxygen atoms in total. The second-order valence-electron chi connectivity index (χ2n) is 4.48. The van der Waals surface area contributed by atoms with Gasteiger partial charge >= 0.3 is 0 Å². The molecule has 1 heteroatoms. The topological polar surface area (TPSA) is 20.2 Å². The normalized spacial score (nSPS) is 25.5. The van der Waals surface area contributed by atoms with Gasteiger partial charge in [0.2, 0.25) is 0 Å². The molecule has 0 aromatic heterocycles. The van der Waals surface area contributed by atoms with Crippen LogP contribution in [-0.4, -0.2) is 5.11 Å². The number of rotatable bonds is 2. The lowest BCUT2D eigenvalue weighted by Crippen LogP contribution is -2.07. The van der Waals surface area contributed by atoms with Gasteiger partial charge in [0.1, 0.15) is 0 Å². The number of aliphatic hydroxyl groups is 1. The zero-order chi connectivity index (χ0) is 10.7. The summed E-state index contributed by atoms with van der Waals surface area (Å²) in [6, 6.07) is 8.34. The SMILES string of the molecule is CC1C=CCC(c2cccc(CO)c2)C1. The van der Waals surface area contributed by atoms with Crippen molar-refractivity contribution in [2.45, 2.75) is 32.3 Å². The van der Waals surface area contributed by atoms with Crippen LogP contribution in [0.5, 0.6) is 0 Å². The highest BCUT2D eigenvalue weighted by Crippen LogP contribution is 2.32. The first-order valence-corrected chi connectivity index (χ1v) is 5.66. The van der Waals surface area contributed by atoms with E-state index in [4.69, 9.17) is 5.11 Å². The maximum absolute atomic E-state index is 9.10. The van der Waals surface area contributed by atoms with Crippen molar-refractivity contribution < 1.29 is 5.11 Å². The summed E-state index contributed by atoms with van der Waals surface area (Å²) < 4.78 is 0. The fraction of sp³-hybridized carbons (Fsp3) is 0.429. The summed E-state index contributed by atoms with van der Waals surface area (Å²) in [5.41, 5.74) is 2.40. The van der Waals surface area contributed by atoms with Crippen LogP contribution in [-0.2, 0) is 6.61 Å². The van der Waals surface area contributed by atoms with Crippen LogP contribution in [0.3, 0.4) is 0 Å². The maximum Gasteiger partial charge on any atom is 0.0681 e. The van der Waals surface area contributed by atoms with Gasteiger partial charge in [0.15, 0.2) is 0 Å². The van der Waals surface area contributed by atoms with Crippen molar-refractivity contribution in [2.75, 3.05) is 0 Å². The molecule has 2 rings (SSSR count). The highest BCUT2D eigenvalue weighted by Gasteiger charge is 2.16. The Balaban J connectivity index is 2.18. The minimum absolute atomic E-state index is 0.145. The van der Waals surface area contributed by atoms with Crippen molar-refractivity contribution in [2.24, 2.45) is 5.92 Å². The average Bonchev–Trinajstić information content (AvgIpc) is 2.29. The standard InChI is InChI=1S/C14H18O/c1-11-4-2-6-13(8-11)14-7-3-5-12(9-14)10-15/h2-5,7,9,11,13,15H,6,8,10H2,1H3. The molecule has 0 saturated heterocycles. The Kier molecular flexibility index (Phi) is 3.22. The van der Waals surface area contributed by atoms with Crippen molar-refractivity contribution >= 4 is 0 Å². The fourth-order valence-electron chi connectivity index (χ4n) is 2.32. The summed E-state index contributed by atoms with van der Waals surface area (Å²) in [5, 5.41) is 9.10. The molecular formula is C14H18O. The predicted molar refractivity (Wildman–Crippen MR) is 62.6 cm³/mol. The van der Waals surface area contributed by atoms with Crippen LogP contribution in [0, 0.1) is 5.92 Å². The van der Waals surface area contributed by atoms with Crippen LogP contribution in [0.4, 0.5) is 0 Å².